The molecule has 0 aliphatic rings. The first kappa shape index (κ1) is 22.3. The Balaban J connectivity index is 1.77. The number of nitrogens with zero attached hydrogens (tertiary/aromatic N) is 3. The Kier molecular flexibility index (Phi) is 7.98. The van der Waals surface area contributed by atoms with Crippen molar-refractivity contribution in [1.29, 1.82) is 0 Å². The summed E-state index contributed by atoms with van der Waals surface area (Å²) in [5, 5.41) is 13.9. The predicted octanol–water partition coefficient (Wildman–Crippen LogP) is 3.80. The number of nitrogens with one attached hydrogen (secondary N) is 1. The largest absolute Gasteiger partial charge is 0.496 e. The van der Waals surface area contributed by atoms with Crippen molar-refractivity contribution in [2.45, 2.75) is 39.0 Å². The summed E-state index contributed by atoms with van der Waals surface area (Å²) in [6.45, 7) is 2.64. The minimum absolute atomic E-state index is 0.140. The molecule has 8 nitrogen and oxygen atoms in total. The van der Waals surface area contributed by atoms with E-state index in [-0.39, 0.29) is 5.78 Å². The van der Waals surface area contributed by atoms with Crippen LogP contribution in [0.2, 0.25) is 0 Å². The molecule has 0 spiro atoms. The molecule has 0 atom stereocenters. The molecule has 2 aromatic carbocycles. The van der Waals surface area contributed by atoms with Crippen molar-refractivity contribution >= 4 is 5.78 Å². The number of methoxy groups -OCH3 is 2. The molecular weight excluding hydrogens is 396 g/mol. The number of carbonyl (C=O) groups is 1. The first-order valence-electron chi connectivity index (χ1n) is 10.4. The highest BCUT2D eigenvalue weighted by molar-refractivity contribution is 6.12. The number of benzene rings is 2. The highest BCUT2D eigenvalue weighted by Gasteiger charge is 2.22. The Morgan fingerprint density at radius 2 is 1.81 bits per heavy atom. The fourth-order valence-corrected chi connectivity index (χ4v) is 3.48. The molecular formula is C23H28N4O4. The fourth-order valence-electron chi connectivity index (χ4n) is 3.48. The number of ether oxygens (including phenoxy) is 3. The van der Waals surface area contributed by atoms with Crippen molar-refractivity contribution in [3.63, 3.8) is 0 Å². The lowest BCUT2D eigenvalue weighted by molar-refractivity contribution is 0.103. The number of para-hydroxylation sites is 1. The normalized spacial score (nSPS) is 10.7. The molecule has 0 aliphatic heterocycles. The Morgan fingerprint density at radius 3 is 2.52 bits per heavy atom. The summed E-state index contributed by atoms with van der Waals surface area (Å²) in [5.74, 6) is 2.40. The SMILES string of the molecule is CCCc1c(OCCCCc2nn[nH]n2)ccc(C(=O)c2ccccc2OC)c1OC. The molecule has 8 heteroatoms. The van der Waals surface area contributed by atoms with Gasteiger partial charge in [-0.1, -0.05) is 30.7 Å². The number of rotatable bonds is 12. The van der Waals surface area contributed by atoms with Gasteiger partial charge in [0.15, 0.2) is 11.6 Å². The van der Waals surface area contributed by atoms with Crippen LogP contribution in [0.4, 0.5) is 0 Å². The van der Waals surface area contributed by atoms with Gasteiger partial charge < -0.3 is 14.2 Å². The molecule has 3 aromatic rings. The maximum atomic E-state index is 13.3. The van der Waals surface area contributed by atoms with Crippen LogP contribution in [0, 0.1) is 0 Å². The number of hydrogen-bond donors (Lipinski definition) is 1. The fraction of sp³-hybridized carbons (Fsp3) is 0.391. The molecule has 0 saturated heterocycles. The molecule has 1 aromatic heterocycles. The second-order valence-electron chi connectivity index (χ2n) is 7.04. The molecule has 31 heavy (non-hydrogen) atoms. The van der Waals surface area contributed by atoms with Crippen LogP contribution in [0.5, 0.6) is 17.2 Å². The van der Waals surface area contributed by atoms with Crippen molar-refractivity contribution in [2.75, 3.05) is 20.8 Å². The molecule has 0 saturated carbocycles. The minimum Gasteiger partial charge on any atom is -0.496 e. The molecule has 0 amide bonds. The van der Waals surface area contributed by atoms with E-state index in [1.807, 2.05) is 18.2 Å². The van der Waals surface area contributed by atoms with E-state index in [0.29, 0.717) is 35.1 Å². The number of unbranched alkanes of at least 4 members (excludes halogenated alkanes) is 1. The third kappa shape index (κ3) is 5.39. The summed E-state index contributed by atoms with van der Waals surface area (Å²) >= 11 is 0. The molecule has 164 valence electrons. The van der Waals surface area contributed by atoms with E-state index in [4.69, 9.17) is 14.2 Å². The van der Waals surface area contributed by atoms with Crippen LogP contribution in [0.1, 0.15) is 53.5 Å². The Bertz CT molecular complexity index is 989. The van der Waals surface area contributed by atoms with E-state index < -0.39 is 0 Å². The van der Waals surface area contributed by atoms with Crippen LogP contribution in [0.15, 0.2) is 36.4 Å². The van der Waals surface area contributed by atoms with Gasteiger partial charge in [-0.25, -0.2) is 0 Å². The van der Waals surface area contributed by atoms with Gasteiger partial charge in [0.05, 0.1) is 32.0 Å². The first-order valence-corrected chi connectivity index (χ1v) is 10.4. The van der Waals surface area contributed by atoms with Gasteiger partial charge in [-0.3, -0.25) is 4.79 Å². The number of carbonyl (C=O) groups excluding carboxylic acids is 1. The van der Waals surface area contributed by atoms with Crippen LogP contribution in [-0.4, -0.2) is 47.2 Å². The highest BCUT2D eigenvalue weighted by Crippen LogP contribution is 2.36. The number of aryl methyl sites for hydroxylation is 1. The summed E-state index contributed by atoms with van der Waals surface area (Å²) in [7, 11) is 3.14. The third-order valence-corrected chi connectivity index (χ3v) is 4.96. The van der Waals surface area contributed by atoms with Crippen molar-refractivity contribution in [3.8, 4) is 17.2 Å². The summed E-state index contributed by atoms with van der Waals surface area (Å²) in [4.78, 5) is 13.3. The topological polar surface area (TPSA) is 99.2 Å². The van der Waals surface area contributed by atoms with Crippen molar-refractivity contribution in [2.24, 2.45) is 0 Å². The second-order valence-corrected chi connectivity index (χ2v) is 7.04. The number of tetrazole rings is 1. The Labute approximate surface area is 181 Å². The van der Waals surface area contributed by atoms with Gasteiger partial charge in [0.25, 0.3) is 0 Å². The van der Waals surface area contributed by atoms with Crippen molar-refractivity contribution in [3.05, 3.63) is 58.9 Å². The van der Waals surface area contributed by atoms with Gasteiger partial charge >= 0.3 is 0 Å². The van der Waals surface area contributed by atoms with Crippen LogP contribution in [0.3, 0.4) is 0 Å². The molecule has 0 bridgehead atoms. The first-order chi connectivity index (χ1) is 15.2. The van der Waals surface area contributed by atoms with E-state index in [0.717, 1.165) is 43.4 Å². The summed E-state index contributed by atoms with van der Waals surface area (Å²) in [5.41, 5.74) is 1.91. The molecule has 0 aliphatic carbocycles. The molecule has 0 unspecified atom stereocenters. The average molecular weight is 425 g/mol. The quantitative estimate of drug-likeness (QED) is 0.349. The molecule has 3 rings (SSSR count). The Morgan fingerprint density at radius 1 is 0.968 bits per heavy atom. The standard InChI is InChI=1S/C23H28N4O4/c1-4-9-17-20(31-15-8-7-12-21-24-26-27-25-21)14-13-18(23(17)30-3)22(28)16-10-5-6-11-19(16)29-2/h5-6,10-11,13-14H,4,7-9,12,15H2,1-3H3,(H,24,25,26,27). The molecule has 1 N–H and O–H groups in total. The van der Waals surface area contributed by atoms with Gasteiger partial charge in [-0.15, -0.1) is 10.2 Å². The zero-order valence-electron chi connectivity index (χ0n) is 18.2. The van der Waals surface area contributed by atoms with E-state index >= 15 is 0 Å². The maximum Gasteiger partial charge on any atom is 0.200 e. The van der Waals surface area contributed by atoms with E-state index in [1.54, 1.807) is 32.4 Å². The third-order valence-electron chi connectivity index (χ3n) is 4.96. The van der Waals surface area contributed by atoms with Gasteiger partial charge in [-0.05, 0) is 43.5 Å². The van der Waals surface area contributed by atoms with Crippen LogP contribution in [0.25, 0.3) is 0 Å². The lowest BCUT2D eigenvalue weighted by Gasteiger charge is -2.18. The minimum atomic E-state index is -0.140. The van der Waals surface area contributed by atoms with Crippen LogP contribution in [-0.2, 0) is 12.8 Å². The smallest absolute Gasteiger partial charge is 0.200 e. The molecule has 1 heterocycles. The van der Waals surface area contributed by atoms with Gasteiger partial charge in [0, 0.05) is 12.0 Å². The lowest BCUT2D eigenvalue weighted by Crippen LogP contribution is -2.09. The second kappa shape index (κ2) is 11.1. The van der Waals surface area contributed by atoms with Gasteiger partial charge in [0.1, 0.15) is 17.2 Å². The Hall–Kier alpha value is -3.42. The summed E-state index contributed by atoms with van der Waals surface area (Å²) < 4.78 is 17.1. The number of hydrogen-bond acceptors (Lipinski definition) is 7. The maximum absolute atomic E-state index is 13.3. The summed E-state index contributed by atoms with van der Waals surface area (Å²) in [6.07, 6.45) is 4.14. The van der Waals surface area contributed by atoms with Crippen molar-refractivity contribution in [1.82, 2.24) is 20.6 Å². The van der Waals surface area contributed by atoms with Crippen LogP contribution < -0.4 is 14.2 Å². The lowest BCUT2D eigenvalue weighted by atomic mass is 9.96. The highest BCUT2D eigenvalue weighted by atomic mass is 16.5. The van der Waals surface area contributed by atoms with Gasteiger partial charge in [0.2, 0.25) is 0 Å². The number of aromatic nitrogens is 4. The van der Waals surface area contributed by atoms with Crippen molar-refractivity contribution < 1.29 is 19.0 Å². The van der Waals surface area contributed by atoms with E-state index in [9.17, 15) is 4.79 Å². The molecule has 0 fully saturated rings. The monoisotopic (exact) mass is 424 g/mol. The number of aromatic amines is 1. The summed E-state index contributed by atoms with van der Waals surface area (Å²) in [6, 6.07) is 10.8. The zero-order valence-corrected chi connectivity index (χ0v) is 18.2. The number of ketones is 1. The average Bonchev–Trinajstić information content (AvgIpc) is 3.32. The van der Waals surface area contributed by atoms with E-state index in [2.05, 4.69) is 27.5 Å². The van der Waals surface area contributed by atoms with Crippen LogP contribution >= 0.6 is 0 Å². The zero-order chi connectivity index (χ0) is 22.1. The van der Waals surface area contributed by atoms with E-state index in [1.165, 1.54) is 0 Å². The molecule has 0 radical (unpaired) electrons. The van der Waals surface area contributed by atoms with Gasteiger partial charge in [-0.2, -0.15) is 5.21 Å². The number of H-pyrrole nitrogens is 1. The predicted molar refractivity (Wildman–Crippen MR) is 116 cm³/mol.